The highest BCUT2D eigenvalue weighted by molar-refractivity contribution is 6.37. The predicted molar refractivity (Wildman–Crippen MR) is 68.4 cm³/mol. The number of phenols is 1. The Labute approximate surface area is 109 Å². The van der Waals surface area contributed by atoms with Crippen molar-refractivity contribution in [3.8, 4) is 5.75 Å². The van der Waals surface area contributed by atoms with Crippen molar-refractivity contribution in [2.45, 2.75) is 0 Å². The molecule has 5 heteroatoms. The van der Waals surface area contributed by atoms with Crippen molar-refractivity contribution in [3.05, 3.63) is 68.5 Å². The molecule has 0 heterocycles. The van der Waals surface area contributed by atoms with E-state index in [-0.39, 0.29) is 21.6 Å². The van der Waals surface area contributed by atoms with Crippen molar-refractivity contribution in [3.63, 3.8) is 0 Å². The van der Waals surface area contributed by atoms with Crippen LogP contribution in [0.25, 0.3) is 15.8 Å². The highest BCUT2D eigenvalue weighted by atomic mass is 35.5. The van der Waals surface area contributed by atoms with Gasteiger partial charge in [-0.1, -0.05) is 35.4 Å². The molecule has 0 bridgehead atoms. The molecule has 0 aliphatic heterocycles. The highest BCUT2D eigenvalue weighted by Crippen LogP contribution is 2.33. The number of hydrogen-bond donors (Lipinski definition) is 1. The maximum atomic E-state index is 9.34. The quantitative estimate of drug-likeness (QED) is 0.623. The first-order chi connectivity index (χ1) is 8.08. The Kier molecular flexibility index (Phi) is 4.60. The lowest BCUT2D eigenvalue weighted by Gasteiger charge is -2.00. The zero-order valence-electron chi connectivity index (χ0n) is 8.48. The van der Waals surface area contributed by atoms with Gasteiger partial charge in [0, 0.05) is 6.08 Å². The lowest BCUT2D eigenvalue weighted by molar-refractivity contribution is 0.476. The molecule has 1 rings (SSSR count). The molecule has 0 aromatic heterocycles. The van der Waals surface area contributed by atoms with Gasteiger partial charge in [-0.3, -0.25) is 0 Å². The van der Waals surface area contributed by atoms with E-state index in [2.05, 4.69) is 9.69 Å². The van der Waals surface area contributed by atoms with E-state index < -0.39 is 0 Å². The van der Waals surface area contributed by atoms with Gasteiger partial charge in [-0.05, 0) is 17.7 Å². The number of benzene rings is 1. The van der Waals surface area contributed by atoms with Crippen LogP contribution in [0.5, 0.6) is 5.75 Å². The molecule has 0 amide bonds. The van der Waals surface area contributed by atoms with Gasteiger partial charge in [-0.2, -0.15) is 9.69 Å². The molecule has 1 N–H and O–H groups in total. The normalized spacial score (nSPS) is 9.65. The predicted octanol–water partition coefficient (Wildman–Crippen LogP) is 4.39. The Bertz CT molecular complexity index is 538. The molecule has 0 atom stereocenters. The van der Waals surface area contributed by atoms with Crippen LogP contribution in [0.4, 0.5) is 0 Å². The minimum atomic E-state index is -0.163. The summed E-state index contributed by atoms with van der Waals surface area (Å²) >= 11 is 11.5. The number of phenolic OH excluding ortho intramolecular Hbond substituents is 1. The Morgan fingerprint density at radius 1 is 1.18 bits per heavy atom. The van der Waals surface area contributed by atoms with E-state index in [1.165, 1.54) is 18.2 Å². The Morgan fingerprint density at radius 3 is 2.18 bits per heavy atom. The van der Waals surface area contributed by atoms with Crippen molar-refractivity contribution >= 4 is 29.3 Å². The molecular weight excluding hydrogens is 259 g/mol. The zero-order valence-corrected chi connectivity index (χ0v) is 10.00. The summed E-state index contributed by atoms with van der Waals surface area (Å²) in [5.41, 5.74) is 0.670. The van der Waals surface area contributed by atoms with Crippen LogP contribution in [0.1, 0.15) is 5.56 Å². The van der Waals surface area contributed by atoms with E-state index in [0.717, 1.165) is 0 Å². The van der Waals surface area contributed by atoms with Crippen molar-refractivity contribution in [2.75, 3.05) is 0 Å². The fraction of sp³-hybridized carbons (Fsp3) is 0. The second kappa shape index (κ2) is 5.96. The van der Waals surface area contributed by atoms with Gasteiger partial charge in [0.05, 0.1) is 10.0 Å². The first-order valence-corrected chi connectivity index (χ1v) is 5.15. The summed E-state index contributed by atoms with van der Waals surface area (Å²) in [6.07, 6.45) is 4.56. The molecule has 1 aromatic rings. The van der Waals surface area contributed by atoms with Gasteiger partial charge < -0.3 is 5.11 Å². The van der Waals surface area contributed by atoms with Crippen LogP contribution in [0.2, 0.25) is 10.0 Å². The van der Waals surface area contributed by atoms with Crippen LogP contribution in [0.15, 0.2) is 30.1 Å². The van der Waals surface area contributed by atoms with Gasteiger partial charge in [0.25, 0.3) is 0 Å². The molecule has 3 nitrogen and oxygen atoms in total. The summed E-state index contributed by atoms with van der Waals surface area (Å²) in [6.45, 7) is 13.3. The van der Waals surface area contributed by atoms with Crippen LogP contribution in [-0.4, -0.2) is 5.11 Å². The average molecular weight is 265 g/mol. The minimum absolute atomic E-state index is 0.0303. The van der Waals surface area contributed by atoms with Crippen LogP contribution in [0.3, 0.4) is 0 Å². The van der Waals surface area contributed by atoms with Crippen molar-refractivity contribution in [2.24, 2.45) is 0 Å². The molecule has 0 saturated heterocycles. The molecule has 0 aliphatic carbocycles. The lowest BCUT2D eigenvalue weighted by Crippen LogP contribution is -1.76. The van der Waals surface area contributed by atoms with Crippen LogP contribution in [-0.2, 0) is 0 Å². The van der Waals surface area contributed by atoms with Crippen molar-refractivity contribution in [1.29, 1.82) is 0 Å². The second-order valence-corrected chi connectivity index (χ2v) is 3.76. The summed E-state index contributed by atoms with van der Waals surface area (Å²) in [6, 6.07) is 3.06. The van der Waals surface area contributed by atoms with Gasteiger partial charge in [-0.25, -0.2) is 0 Å². The SMILES string of the molecule is [C-]#[N+]C(=CC=Cc1cc(Cl)c(O)c(Cl)c1)[N+]#[C-]. The number of aromatic hydroxyl groups is 1. The standard InChI is InChI=1S/C12H6Cl2N2O/c1-15-11(16-2)5-3-4-8-6-9(13)12(17)10(14)7-8/h3-7,17H. The molecule has 1 aromatic carbocycles. The van der Waals surface area contributed by atoms with E-state index in [4.69, 9.17) is 36.3 Å². The number of hydrogen-bond acceptors (Lipinski definition) is 1. The third-order valence-electron chi connectivity index (χ3n) is 1.80. The molecular formula is C12H6Cl2N2O. The summed E-state index contributed by atoms with van der Waals surface area (Å²) in [5.74, 6) is -0.193. The van der Waals surface area contributed by atoms with Gasteiger partial charge in [-0.15, -0.1) is 0 Å². The van der Waals surface area contributed by atoms with E-state index in [0.29, 0.717) is 5.56 Å². The molecule has 0 aliphatic rings. The summed E-state index contributed by atoms with van der Waals surface area (Å²) < 4.78 is 0. The van der Waals surface area contributed by atoms with Crippen LogP contribution < -0.4 is 0 Å². The fourth-order valence-corrected chi connectivity index (χ4v) is 1.53. The van der Waals surface area contributed by atoms with Gasteiger partial charge in [0.1, 0.15) is 13.1 Å². The first-order valence-electron chi connectivity index (χ1n) is 4.39. The van der Waals surface area contributed by atoms with E-state index >= 15 is 0 Å². The Hall–Kier alpha value is -1.94. The van der Waals surface area contributed by atoms with Gasteiger partial charge in [0.2, 0.25) is 0 Å². The first kappa shape index (κ1) is 13.1. The molecule has 0 saturated carbocycles. The minimum Gasteiger partial charge on any atom is -0.505 e. The van der Waals surface area contributed by atoms with E-state index in [1.807, 2.05) is 0 Å². The average Bonchev–Trinajstić information content (AvgIpc) is 2.31. The maximum absolute atomic E-state index is 9.34. The largest absolute Gasteiger partial charge is 0.519 e. The monoisotopic (exact) mass is 264 g/mol. The van der Waals surface area contributed by atoms with E-state index in [9.17, 15) is 5.11 Å². The lowest BCUT2D eigenvalue weighted by atomic mass is 10.2. The molecule has 0 radical (unpaired) electrons. The molecule has 0 unspecified atom stereocenters. The number of halogens is 2. The van der Waals surface area contributed by atoms with Crippen molar-refractivity contribution in [1.82, 2.24) is 0 Å². The summed E-state index contributed by atoms with van der Waals surface area (Å²) in [5, 5.41) is 9.64. The number of nitrogens with zero attached hydrogens (tertiary/aromatic N) is 2. The van der Waals surface area contributed by atoms with Gasteiger partial charge in [0.15, 0.2) is 5.75 Å². The molecule has 0 fully saturated rings. The molecule has 84 valence electrons. The van der Waals surface area contributed by atoms with Crippen LogP contribution in [0, 0.1) is 13.1 Å². The fourth-order valence-electron chi connectivity index (χ4n) is 1.03. The number of allylic oxidation sites excluding steroid dienone is 2. The zero-order chi connectivity index (χ0) is 12.8. The molecule has 0 spiro atoms. The van der Waals surface area contributed by atoms with E-state index in [1.54, 1.807) is 12.2 Å². The third-order valence-corrected chi connectivity index (χ3v) is 2.38. The Balaban J connectivity index is 2.99. The molecule has 17 heavy (non-hydrogen) atoms. The third kappa shape index (κ3) is 3.53. The smallest absolute Gasteiger partial charge is 0.505 e. The van der Waals surface area contributed by atoms with Crippen molar-refractivity contribution < 1.29 is 5.11 Å². The highest BCUT2D eigenvalue weighted by Gasteiger charge is 2.04. The maximum Gasteiger partial charge on any atom is 0.519 e. The topological polar surface area (TPSA) is 28.9 Å². The van der Waals surface area contributed by atoms with Crippen LogP contribution >= 0.6 is 23.2 Å². The van der Waals surface area contributed by atoms with Gasteiger partial charge >= 0.3 is 5.82 Å². The summed E-state index contributed by atoms with van der Waals surface area (Å²) in [4.78, 5) is 6.00. The second-order valence-electron chi connectivity index (χ2n) is 2.94. The number of rotatable bonds is 2. The Morgan fingerprint density at radius 2 is 1.71 bits per heavy atom. The summed E-state index contributed by atoms with van der Waals surface area (Å²) in [7, 11) is 0.